The second kappa shape index (κ2) is 10.2. The molecule has 0 unspecified atom stereocenters. The highest BCUT2D eigenvalue weighted by Crippen LogP contribution is 2.25. The molecule has 2 aromatic carbocycles. The second-order valence-corrected chi connectivity index (χ2v) is 8.70. The van der Waals surface area contributed by atoms with Gasteiger partial charge < -0.3 is 15.2 Å². The molecule has 0 aliphatic rings. The molecule has 1 aromatic heterocycles. The number of thioether (sulfide) groups is 1. The van der Waals surface area contributed by atoms with Gasteiger partial charge in [0.1, 0.15) is 5.82 Å². The number of anilines is 2. The van der Waals surface area contributed by atoms with E-state index in [-0.39, 0.29) is 24.0 Å². The van der Waals surface area contributed by atoms with Crippen molar-refractivity contribution in [3.05, 3.63) is 63.4 Å². The van der Waals surface area contributed by atoms with Crippen molar-refractivity contribution < 1.29 is 9.59 Å². The van der Waals surface area contributed by atoms with Gasteiger partial charge in [-0.1, -0.05) is 41.0 Å². The van der Waals surface area contributed by atoms with Crippen molar-refractivity contribution in [2.75, 3.05) is 16.4 Å². The number of aryl methyl sites for hydroxylation is 2. The molecule has 31 heavy (non-hydrogen) atoms. The zero-order chi connectivity index (χ0) is 22.5. The first kappa shape index (κ1) is 23.1. The molecule has 0 atom stereocenters. The first-order valence-electron chi connectivity index (χ1n) is 9.36. The predicted molar refractivity (Wildman–Crippen MR) is 125 cm³/mol. The molecular formula is C21H21Cl2N5O2S. The van der Waals surface area contributed by atoms with Crippen LogP contribution in [-0.4, -0.2) is 32.3 Å². The van der Waals surface area contributed by atoms with Crippen molar-refractivity contribution in [1.82, 2.24) is 14.8 Å². The maximum atomic E-state index is 12.3. The molecule has 2 amide bonds. The van der Waals surface area contributed by atoms with E-state index in [1.54, 1.807) is 29.8 Å². The molecule has 0 aliphatic carbocycles. The molecule has 1 heterocycles. The van der Waals surface area contributed by atoms with Crippen molar-refractivity contribution in [1.29, 1.82) is 0 Å². The molecule has 0 saturated carbocycles. The van der Waals surface area contributed by atoms with E-state index in [9.17, 15) is 9.59 Å². The van der Waals surface area contributed by atoms with Crippen LogP contribution < -0.4 is 10.6 Å². The highest BCUT2D eigenvalue weighted by atomic mass is 35.5. The zero-order valence-corrected chi connectivity index (χ0v) is 19.5. The molecule has 0 radical (unpaired) electrons. The summed E-state index contributed by atoms with van der Waals surface area (Å²) < 4.78 is 1.70. The van der Waals surface area contributed by atoms with Crippen LogP contribution >= 0.6 is 35.0 Å². The fraction of sp³-hybridized carbons (Fsp3) is 0.238. The summed E-state index contributed by atoms with van der Waals surface area (Å²) >= 11 is 13.1. The smallest absolute Gasteiger partial charge is 0.234 e. The minimum atomic E-state index is -0.266. The molecule has 7 nitrogen and oxygen atoms in total. The van der Waals surface area contributed by atoms with Gasteiger partial charge in [0.15, 0.2) is 5.16 Å². The lowest BCUT2D eigenvalue weighted by atomic mass is 10.1. The van der Waals surface area contributed by atoms with Crippen LogP contribution in [0.15, 0.2) is 41.6 Å². The summed E-state index contributed by atoms with van der Waals surface area (Å²) in [6, 6.07) is 10.6. The number of rotatable bonds is 7. The van der Waals surface area contributed by atoms with Gasteiger partial charge in [-0.15, -0.1) is 10.2 Å². The topological polar surface area (TPSA) is 88.9 Å². The Balaban J connectivity index is 1.54. The third-order valence-corrected chi connectivity index (χ3v) is 6.33. The lowest BCUT2D eigenvalue weighted by Gasteiger charge is -2.08. The van der Waals surface area contributed by atoms with Gasteiger partial charge in [0.2, 0.25) is 11.8 Å². The number of amides is 2. The Morgan fingerprint density at radius 1 is 0.935 bits per heavy atom. The number of nitrogens with one attached hydrogen (secondary N) is 2. The number of benzene rings is 2. The lowest BCUT2D eigenvalue weighted by molar-refractivity contribution is -0.116. The van der Waals surface area contributed by atoms with Gasteiger partial charge in [0.25, 0.3) is 0 Å². The van der Waals surface area contributed by atoms with Crippen molar-refractivity contribution in [2.45, 2.75) is 25.4 Å². The van der Waals surface area contributed by atoms with Crippen molar-refractivity contribution in [2.24, 2.45) is 7.05 Å². The Kier molecular flexibility index (Phi) is 7.59. The Morgan fingerprint density at radius 3 is 2.32 bits per heavy atom. The van der Waals surface area contributed by atoms with Crippen molar-refractivity contribution in [3.63, 3.8) is 0 Å². The Morgan fingerprint density at radius 2 is 1.61 bits per heavy atom. The van der Waals surface area contributed by atoms with E-state index >= 15 is 0 Å². The lowest BCUT2D eigenvalue weighted by Crippen LogP contribution is -2.17. The van der Waals surface area contributed by atoms with Crippen molar-refractivity contribution in [3.8, 4) is 0 Å². The van der Waals surface area contributed by atoms with E-state index in [1.807, 2.05) is 32.0 Å². The number of aromatic nitrogens is 3. The van der Waals surface area contributed by atoms with Gasteiger partial charge in [0.05, 0.1) is 22.2 Å². The van der Waals surface area contributed by atoms with E-state index in [4.69, 9.17) is 23.2 Å². The predicted octanol–water partition coefficient (Wildman–Crippen LogP) is 4.65. The van der Waals surface area contributed by atoms with Crippen LogP contribution in [0.1, 0.15) is 17.0 Å². The normalized spacial score (nSPS) is 10.7. The number of carbonyl (C=O) groups excluding carboxylic acids is 2. The molecule has 10 heteroatoms. The summed E-state index contributed by atoms with van der Waals surface area (Å²) in [5.74, 6) is 0.247. The zero-order valence-electron chi connectivity index (χ0n) is 17.2. The van der Waals surface area contributed by atoms with Gasteiger partial charge in [-0.2, -0.15) is 0 Å². The summed E-state index contributed by atoms with van der Waals surface area (Å²) in [6.45, 7) is 4.02. The summed E-state index contributed by atoms with van der Waals surface area (Å²) in [6.07, 6.45) is 0.0269. The molecule has 0 saturated heterocycles. The van der Waals surface area contributed by atoms with Gasteiger partial charge in [-0.25, -0.2) is 0 Å². The molecule has 0 fully saturated rings. The van der Waals surface area contributed by atoms with E-state index in [0.717, 1.165) is 11.3 Å². The van der Waals surface area contributed by atoms with Crippen molar-refractivity contribution >= 4 is 58.2 Å². The number of carbonyl (C=O) groups is 2. The van der Waals surface area contributed by atoms with Crippen LogP contribution in [0.2, 0.25) is 10.0 Å². The van der Waals surface area contributed by atoms with Crippen LogP contribution in [-0.2, 0) is 23.1 Å². The number of hydrogen-bond donors (Lipinski definition) is 2. The third-order valence-electron chi connectivity index (χ3n) is 4.57. The minimum Gasteiger partial charge on any atom is -0.326 e. The van der Waals surface area contributed by atoms with Crippen LogP contribution in [0.5, 0.6) is 0 Å². The monoisotopic (exact) mass is 477 g/mol. The molecule has 0 spiro atoms. The van der Waals surface area contributed by atoms with Gasteiger partial charge in [0, 0.05) is 18.4 Å². The second-order valence-electron chi connectivity index (χ2n) is 6.95. The Labute approximate surface area is 194 Å². The molecule has 2 N–H and O–H groups in total. The maximum Gasteiger partial charge on any atom is 0.234 e. The fourth-order valence-corrected chi connectivity index (χ4v) is 3.72. The third kappa shape index (κ3) is 6.22. The summed E-state index contributed by atoms with van der Waals surface area (Å²) in [7, 11) is 1.76. The highest BCUT2D eigenvalue weighted by molar-refractivity contribution is 7.99. The molecule has 0 bridgehead atoms. The molecule has 3 aromatic rings. The van der Waals surface area contributed by atoms with Crippen LogP contribution in [0.25, 0.3) is 0 Å². The Hall–Kier alpha value is -2.55. The van der Waals surface area contributed by atoms with Crippen LogP contribution in [0.3, 0.4) is 0 Å². The molecule has 0 aliphatic heterocycles. The average molecular weight is 478 g/mol. The number of halogens is 2. The summed E-state index contributed by atoms with van der Waals surface area (Å²) in [5, 5.41) is 15.1. The maximum absolute atomic E-state index is 12.3. The largest absolute Gasteiger partial charge is 0.326 e. The summed E-state index contributed by atoms with van der Waals surface area (Å²) in [4.78, 5) is 24.6. The first-order chi connectivity index (χ1) is 14.7. The standard InChI is InChI=1S/C21H21Cl2N5O2S/c1-12-4-5-14(8-13(12)2)25-20(30)11-31-21-27-26-18(28(21)3)10-19(29)24-15-6-7-16(22)17(23)9-15/h4-9H,10-11H2,1-3H3,(H,24,29)(H,25,30). The van der Waals surface area contributed by atoms with E-state index in [2.05, 4.69) is 20.8 Å². The SMILES string of the molecule is Cc1ccc(NC(=O)CSc2nnc(CC(=O)Nc3ccc(Cl)c(Cl)c3)n2C)cc1C. The summed E-state index contributed by atoms with van der Waals surface area (Å²) in [5.41, 5.74) is 3.58. The van der Waals surface area contributed by atoms with E-state index in [1.165, 1.54) is 17.3 Å². The van der Waals surface area contributed by atoms with Crippen LogP contribution in [0.4, 0.5) is 11.4 Å². The number of hydrogen-bond acceptors (Lipinski definition) is 5. The quantitative estimate of drug-likeness (QED) is 0.483. The van der Waals surface area contributed by atoms with Gasteiger partial charge >= 0.3 is 0 Å². The van der Waals surface area contributed by atoms with Gasteiger partial charge in [-0.05, 0) is 55.3 Å². The fourth-order valence-electron chi connectivity index (χ4n) is 2.69. The highest BCUT2D eigenvalue weighted by Gasteiger charge is 2.15. The van der Waals surface area contributed by atoms with Gasteiger partial charge in [-0.3, -0.25) is 9.59 Å². The molecule has 162 valence electrons. The van der Waals surface area contributed by atoms with Crippen LogP contribution in [0, 0.1) is 13.8 Å². The number of nitrogens with zero attached hydrogens (tertiary/aromatic N) is 3. The molecular weight excluding hydrogens is 457 g/mol. The van der Waals surface area contributed by atoms with E-state index < -0.39 is 0 Å². The average Bonchev–Trinajstić information content (AvgIpc) is 3.05. The Bertz CT molecular complexity index is 1130. The minimum absolute atomic E-state index is 0.0269. The first-order valence-corrected chi connectivity index (χ1v) is 11.1. The van der Waals surface area contributed by atoms with E-state index in [0.29, 0.717) is 26.7 Å². The molecule has 3 rings (SSSR count).